The van der Waals surface area contributed by atoms with Crippen molar-refractivity contribution in [2.45, 2.75) is 42.0 Å². The van der Waals surface area contributed by atoms with E-state index in [-0.39, 0.29) is 29.9 Å². The van der Waals surface area contributed by atoms with Crippen LogP contribution in [-0.2, 0) is 16.1 Å². The van der Waals surface area contributed by atoms with Gasteiger partial charge in [-0.2, -0.15) is 0 Å². The highest BCUT2D eigenvalue weighted by Gasteiger charge is 2.84. The van der Waals surface area contributed by atoms with Crippen LogP contribution in [0, 0.1) is 5.92 Å². The molecule has 2 unspecified atom stereocenters. The molecule has 0 saturated carbocycles. The van der Waals surface area contributed by atoms with Crippen LogP contribution in [0.2, 0.25) is 0 Å². The SMILES string of the molecule is CC[N@@+]12CCCC(C(=O)O)C1[C@]21c2ccccc2CSc2ccccc21.Cl. The Kier molecular flexibility index (Phi) is 4.57. The van der Waals surface area contributed by atoms with Crippen LogP contribution in [0.25, 0.3) is 0 Å². The van der Waals surface area contributed by atoms with Gasteiger partial charge < -0.3 is 5.11 Å². The van der Waals surface area contributed by atoms with Gasteiger partial charge in [0, 0.05) is 21.8 Å². The Balaban J connectivity index is 0.00000180. The van der Waals surface area contributed by atoms with Crippen molar-refractivity contribution in [3.8, 4) is 0 Å². The van der Waals surface area contributed by atoms with Crippen molar-refractivity contribution in [3.05, 3.63) is 65.2 Å². The van der Waals surface area contributed by atoms with Gasteiger partial charge in [-0.1, -0.05) is 42.5 Å². The number of likely N-dealkylation sites (N-methyl/N-ethyl adjacent to an activating group) is 1. The van der Waals surface area contributed by atoms with Crippen LogP contribution in [0.15, 0.2) is 53.4 Å². The third-order valence-corrected chi connectivity index (χ3v) is 8.16. The lowest BCUT2D eigenvalue weighted by molar-refractivity contribution is -0.846. The Hall–Kier alpha value is -1.49. The first-order valence-corrected chi connectivity index (χ1v) is 10.6. The molecule has 0 bridgehead atoms. The predicted octanol–water partition coefficient (Wildman–Crippen LogP) is 4.67. The molecule has 2 fully saturated rings. The lowest BCUT2D eigenvalue weighted by Gasteiger charge is -2.29. The minimum Gasteiger partial charge on any atom is -0.481 e. The molecular weight excluding hydrogens is 378 g/mol. The van der Waals surface area contributed by atoms with Crippen molar-refractivity contribution in [2.75, 3.05) is 13.1 Å². The van der Waals surface area contributed by atoms with Crippen molar-refractivity contribution >= 4 is 30.1 Å². The van der Waals surface area contributed by atoms with Crippen molar-refractivity contribution in [1.29, 1.82) is 0 Å². The Morgan fingerprint density at radius 3 is 2.63 bits per heavy atom. The van der Waals surface area contributed by atoms with Gasteiger partial charge in [0.15, 0.2) is 6.04 Å². The van der Waals surface area contributed by atoms with Gasteiger partial charge in [-0.05, 0) is 31.4 Å². The number of thioether (sulfide) groups is 1. The number of hydrogen-bond donors (Lipinski definition) is 1. The third-order valence-electron chi connectivity index (χ3n) is 7.04. The van der Waals surface area contributed by atoms with E-state index in [1.54, 1.807) is 0 Å². The molecule has 142 valence electrons. The fourth-order valence-electron chi connectivity index (χ4n) is 6.14. The van der Waals surface area contributed by atoms with Crippen molar-refractivity contribution < 1.29 is 14.4 Å². The number of nitrogens with zero attached hydrogens (tertiary/aromatic N) is 1. The number of hydrogen-bond acceptors (Lipinski definition) is 2. The molecule has 2 aromatic carbocycles. The molecule has 4 atom stereocenters. The number of rotatable bonds is 2. The van der Waals surface area contributed by atoms with E-state index in [1.165, 1.54) is 21.6 Å². The van der Waals surface area contributed by atoms with Gasteiger partial charge in [0.05, 0.1) is 13.1 Å². The zero-order valence-corrected chi connectivity index (χ0v) is 17.1. The second-order valence-electron chi connectivity index (χ2n) is 7.81. The molecule has 3 aliphatic heterocycles. The molecule has 0 radical (unpaired) electrons. The zero-order valence-electron chi connectivity index (χ0n) is 15.4. The van der Waals surface area contributed by atoms with E-state index in [0.29, 0.717) is 0 Å². The van der Waals surface area contributed by atoms with Gasteiger partial charge in [0.25, 0.3) is 0 Å². The lowest BCUT2D eigenvalue weighted by atomic mass is 9.80. The van der Waals surface area contributed by atoms with Crippen LogP contribution in [-0.4, -0.2) is 34.7 Å². The molecule has 5 heteroatoms. The summed E-state index contributed by atoms with van der Waals surface area (Å²) in [7, 11) is 0. The number of benzene rings is 2. The molecule has 3 heterocycles. The van der Waals surface area contributed by atoms with E-state index in [1.807, 2.05) is 11.8 Å². The monoisotopic (exact) mass is 402 g/mol. The van der Waals surface area contributed by atoms with Crippen LogP contribution >= 0.6 is 24.2 Å². The summed E-state index contributed by atoms with van der Waals surface area (Å²) in [6.45, 7) is 4.31. The predicted molar refractivity (Wildman–Crippen MR) is 110 cm³/mol. The van der Waals surface area contributed by atoms with E-state index in [2.05, 4.69) is 55.5 Å². The first-order valence-electron chi connectivity index (χ1n) is 9.57. The average Bonchev–Trinajstić information content (AvgIpc) is 3.34. The second kappa shape index (κ2) is 6.54. The van der Waals surface area contributed by atoms with Crippen LogP contribution in [0.3, 0.4) is 0 Å². The Labute approximate surface area is 170 Å². The maximum Gasteiger partial charge on any atom is 0.312 e. The second-order valence-corrected chi connectivity index (χ2v) is 8.83. The first kappa shape index (κ1) is 18.9. The van der Waals surface area contributed by atoms with Gasteiger partial charge in [-0.15, -0.1) is 24.2 Å². The Morgan fingerprint density at radius 1 is 1.19 bits per heavy atom. The molecule has 0 amide bonds. The maximum absolute atomic E-state index is 12.2. The minimum absolute atomic E-state index is 0. The summed E-state index contributed by atoms with van der Waals surface area (Å²) in [6, 6.07) is 17.6. The topological polar surface area (TPSA) is 37.3 Å². The van der Waals surface area contributed by atoms with Crippen LogP contribution < -0.4 is 0 Å². The Bertz CT molecular complexity index is 854. The quantitative estimate of drug-likeness (QED) is 0.585. The summed E-state index contributed by atoms with van der Waals surface area (Å²) < 4.78 is 0.915. The van der Waals surface area contributed by atoms with E-state index in [4.69, 9.17) is 0 Å². The fraction of sp³-hybridized carbons (Fsp3) is 0.409. The smallest absolute Gasteiger partial charge is 0.312 e. The number of carboxylic acid groups (broad SMARTS) is 1. The number of halogens is 1. The normalized spacial score (nSPS) is 33.1. The van der Waals surface area contributed by atoms with Crippen LogP contribution in [0.4, 0.5) is 0 Å². The van der Waals surface area contributed by atoms with Gasteiger partial charge >= 0.3 is 5.97 Å². The van der Waals surface area contributed by atoms with E-state index < -0.39 is 5.97 Å². The zero-order chi connectivity index (χ0) is 17.9. The summed E-state index contributed by atoms with van der Waals surface area (Å²) in [5.41, 5.74) is 3.91. The van der Waals surface area contributed by atoms with Crippen molar-refractivity contribution in [2.24, 2.45) is 5.92 Å². The number of carboxylic acids is 1. The maximum atomic E-state index is 12.2. The van der Waals surface area contributed by atoms with Crippen LogP contribution in [0.5, 0.6) is 0 Å². The van der Waals surface area contributed by atoms with Crippen LogP contribution in [0.1, 0.15) is 36.5 Å². The lowest BCUT2D eigenvalue weighted by Crippen LogP contribution is -2.41. The molecule has 27 heavy (non-hydrogen) atoms. The first-order chi connectivity index (χ1) is 12.7. The molecule has 5 rings (SSSR count). The molecule has 1 spiro atoms. The molecule has 3 aliphatic rings. The third kappa shape index (κ3) is 2.24. The average molecular weight is 403 g/mol. The molecule has 0 aliphatic carbocycles. The summed E-state index contributed by atoms with van der Waals surface area (Å²) in [4.78, 5) is 13.5. The highest BCUT2D eigenvalue weighted by Crippen LogP contribution is 2.69. The number of fused-ring (bicyclic) bond motifs is 7. The van der Waals surface area contributed by atoms with Crippen molar-refractivity contribution in [3.63, 3.8) is 0 Å². The number of quaternary nitrogens is 1. The van der Waals surface area contributed by atoms with Gasteiger partial charge in [-0.25, -0.2) is 0 Å². The van der Waals surface area contributed by atoms with Gasteiger partial charge in [-0.3, -0.25) is 9.28 Å². The van der Waals surface area contributed by atoms with Gasteiger partial charge in [0.2, 0.25) is 5.54 Å². The Morgan fingerprint density at radius 2 is 1.89 bits per heavy atom. The summed E-state index contributed by atoms with van der Waals surface area (Å²) in [5.74, 6) is 0.0885. The summed E-state index contributed by atoms with van der Waals surface area (Å²) in [5, 5.41) is 10.0. The number of piperidine rings is 1. The molecule has 3 nitrogen and oxygen atoms in total. The number of aliphatic carboxylic acids is 1. The number of carbonyl (C=O) groups is 1. The molecule has 2 saturated heterocycles. The van der Waals surface area contributed by atoms with E-state index >= 15 is 0 Å². The molecule has 2 aromatic rings. The molecule has 1 N–H and O–H groups in total. The molecule has 0 aromatic heterocycles. The standard InChI is InChI=1S/C22H23NO2S.ClH/c1-2-23-13-7-9-16(21(24)25)20(23)22(23)17-10-4-3-8-15(17)14-26-19-12-6-5-11-18(19)22;/h3-6,8,10-12,16,20H,2,7,9,13-14H2,1H3;1H/p+1/t16?,20?,22-,23-;/m1./s1. The summed E-state index contributed by atoms with van der Waals surface area (Å²) >= 11 is 1.90. The summed E-state index contributed by atoms with van der Waals surface area (Å²) in [6.07, 6.45) is 1.81. The van der Waals surface area contributed by atoms with Gasteiger partial charge in [0.1, 0.15) is 5.92 Å². The highest BCUT2D eigenvalue weighted by atomic mass is 35.5. The van der Waals surface area contributed by atoms with E-state index in [0.717, 1.165) is 36.2 Å². The minimum atomic E-state index is -0.616. The highest BCUT2D eigenvalue weighted by molar-refractivity contribution is 7.98. The van der Waals surface area contributed by atoms with Crippen molar-refractivity contribution in [1.82, 2.24) is 0 Å². The fourth-order valence-corrected chi connectivity index (χ4v) is 7.26. The molecular formula is C22H25ClNO2S+. The largest absolute Gasteiger partial charge is 0.481 e. The van der Waals surface area contributed by atoms with E-state index in [9.17, 15) is 9.90 Å².